The summed E-state index contributed by atoms with van der Waals surface area (Å²) in [7, 11) is -3.61. The number of nitrogens with one attached hydrogen (secondary N) is 1. The number of nitrogens with zero attached hydrogens (tertiary/aromatic N) is 1. The molecule has 0 aliphatic heterocycles. The molecule has 4 nitrogen and oxygen atoms in total. The number of benzene rings is 2. The molecule has 1 N–H and O–H groups in total. The first-order valence-corrected chi connectivity index (χ1v) is 9.19. The average Bonchev–Trinajstić information content (AvgIpc) is 2.90. The van der Waals surface area contributed by atoms with Crippen molar-refractivity contribution in [1.82, 2.24) is 4.98 Å². The van der Waals surface area contributed by atoms with E-state index in [1.807, 2.05) is 30.3 Å². The van der Waals surface area contributed by atoms with Crippen LogP contribution < -0.4 is 4.72 Å². The van der Waals surface area contributed by atoms with Gasteiger partial charge in [0.2, 0.25) is 0 Å². The first-order valence-electron chi connectivity index (χ1n) is 6.10. The lowest BCUT2D eigenvalue weighted by atomic mass is 10.1. The topological polar surface area (TPSA) is 59.1 Å². The minimum atomic E-state index is -3.61. The fourth-order valence-corrected chi connectivity index (χ4v) is 4.68. The highest BCUT2D eigenvalue weighted by atomic mass is 79.9. The van der Waals surface area contributed by atoms with Crippen LogP contribution in [-0.2, 0) is 10.0 Å². The van der Waals surface area contributed by atoms with Crippen molar-refractivity contribution in [2.24, 2.45) is 0 Å². The molecule has 0 aliphatic rings. The van der Waals surface area contributed by atoms with Crippen molar-refractivity contribution < 1.29 is 8.42 Å². The number of aryl methyl sites for hydroxylation is 1. The average molecular weight is 383 g/mol. The molecule has 7 heteroatoms. The van der Waals surface area contributed by atoms with Gasteiger partial charge in [0.15, 0.2) is 4.21 Å². The molecule has 0 saturated carbocycles. The summed E-state index contributed by atoms with van der Waals surface area (Å²) in [6.45, 7) is 1.78. The van der Waals surface area contributed by atoms with Gasteiger partial charge in [-0.3, -0.25) is 4.72 Å². The number of anilines is 1. The number of fused-ring (bicyclic) bond motifs is 1. The van der Waals surface area contributed by atoms with E-state index in [1.54, 1.807) is 13.0 Å². The smallest absolute Gasteiger partial charge is 0.273 e. The first kappa shape index (κ1) is 14.5. The van der Waals surface area contributed by atoms with Crippen LogP contribution in [0.3, 0.4) is 0 Å². The van der Waals surface area contributed by atoms with E-state index in [0.717, 1.165) is 31.6 Å². The Kier molecular flexibility index (Phi) is 3.73. The fourth-order valence-electron chi connectivity index (χ4n) is 2.01. The fraction of sp³-hybridized carbons (Fsp3) is 0.0714. The molecule has 108 valence electrons. The van der Waals surface area contributed by atoms with Crippen molar-refractivity contribution in [2.45, 2.75) is 11.1 Å². The van der Waals surface area contributed by atoms with Crippen LogP contribution in [0, 0.1) is 6.92 Å². The van der Waals surface area contributed by atoms with Crippen LogP contribution in [0.1, 0.15) is 5.01 Å². The summed E-state index contributed by atoms with van der Waals surface area (Å²) in [5.41, 5.74) is 0.555. The van der Waals surface area contributed by atoms with Gasteiger partial charge in [-0.2, -0.15) is 0 Å². The number of hydrogen-bond donors (Lipinski definition) is 1. The van der Waals surface area contributed by atoms with Crippen molar-refractivity contribution in [1.29, 1.82) is 0 Å². The lowest BCUT2D eigenvalue weighted by Crippen LogP contribution is -2.11. The maximum atomic E-state index is 12.4. The van der Waals surface area contributed by atoms with Crippen LogP contribution in [0.5, 0.6) is 0 Å². The second-order valence-corrected chi connectivity index (χ2v) is 8.44. The van der Waals surface area contributed by atoms with Gasteiger partial charge in [0.05, 0.1) is 16.9 Å². The zero-order chi connectivity index (χ0) is 15.0. The van der Waals surface area contributed by atoms with Crippen molar-refractivity contribution in [3.63, 3.8) is 0 Å². The number of rotatable bonds is 3. The van der Waals surface area contributed by atoms with E-state index in [0.29, 0.717) is 5.69 Å². The molecule has 0 spiro atoms. The van der Waals surface area contributed by atoms with Crippen LogP contribution in [0.2, 0.25) is 0 Å². The Balaban J connectivity index is 2.08. The molecule has 2 aromatic carbocycles. The second kappa shape index (κ2) is 5.40. The Morgan fingerprint density at radius 2 is 1.86 bits per heavy atom. The van der Waals surface area contributed by atoms with Gasteiger partial charge in [-0.05, 0) is 24.4 Å². The quantitative estimate of drug-likeness (QED) is 0.739. The molecule has 0 bridgehead atoms. The molecule has 0 unspecified atom stereocenters. The standard InChI is InChI=1S/C14H11BrN2O2S2/c1-9-16-8-14(20-9)21(18,19)17-13-7-6-12(15)10-4-2-3-5-11(10)13/h2-8,17H,1H3. The highest BCUT2D eigenvalue weighted by Gasteiger charge is 2.18. The van der Waals surface area contributed by atoms with E-state index in [4.69, 9.17) is 0 Å². The SMILES string of the molecule is Cc1ncc(S(=O)(=O)Nc2ccc(Br)c3ccccc23)s1. The second-order valence-electron chi connectivity index (χ2n) is 4.44. The van der Waals surface area contributed by atoms with Gasteiger partial charge in [-0.25, -0.2) is 13.4 Å². The molecule has 3 aromatic rings. The molecular weight excluding hydrogens is 372 g/mol. The molecule has 0 radical (unpaired) electrons. The maximum absolute atomic E-state index is 12.4. The van der Waals surface area contributed by atoms with Gasteiger partial charge in [-0.1, -0.05) is 40.2 Å². The number of sulfonamides is 1. The Bertz CT molecular complexity index is 920. The third-order valence-electron chi connectivity index (χ3n) is 2.98. The van der Waals surface area contributed by atoms with Crippen LogP contribution in [-0.4, -0.2) is 13.4 Å². The molecule has 0 aliphatic carbocycles. The molecule has 21 heavy (non-hydrogen) atoms. The van der Waals surface area contributed by atoms with E-state index < -0.39 is 10.0 Å². The van der Waals surface area contributed by atoms with E-state index >= 15 is 0 Å². The van der Waals surface area contributed by atoms with Gasteiger partial charge in [0, 0.05) is 9.86 Å². The molecule has 0 atom stereocenters. The van der Waals surface area contributed by atoms with E-state index in [2.05, 4.69) is 25.6 Å². The van der Waals surface area contributed by atoms with Crippen LogP contribution in [0.4, 0.5) is 5.69 Å². The molecule has 1 heterocycles. The van der Waals surface area contributed by atoms with E-state index in [1.165, 1.54) is 6.20 Å². The highest BCUT2D eigenvalue weighted by Crippen LogP contribution is 2.31. The number of hydrogen-bond acceptors (Lipinski definition) is 4. The largest absolute Gasteiger partial charge is 0.278 e. The van der Waals surface area contributed by atoms with Crippen molar-refractivity contribution in [2.75, 3.05) is 4.72 Å². The lowest BCUT2D eigenvalue weighted by molar-refractivity contribution is 0.603. The summed E-state index contributed by atoms with van der Waals surface area (Å²) in [6, 6.07) is 11.2. The number of aromatic nitrogens is 1. The summed E-state index contributed by atoms with van der Waals surface area (Å²) in [5, 5.41) is 2.52. The van der Waals surface area contributed by atoms with Crippen molar-refractivity contribution in [3.05, 3.63) is 52.1 Å². The van der Waals surface area contributed by atoms with Crippen LogP contribution >= 0.6 is 27.3 Å². The molecule has 0 amide bonds. The van der Waals surface area contributed by atoms with Gasteiger partial charge in [0.25, 0.3) is 10.0 Å². The summed E-state index contributed by atoms with van der Waals surface area (Å²) in [4.78, 5) is 3.99. The van der Waals surface area contributed by atoms with Crippen LogP contribution in [0.15, 0.2) is 51.3 Å². The molecule has 1 aromatic heterocycles. The Morgan fingerprint density at radius 1 is 1.14 bits per heavy atom. The Labute approximate surface area is 135 Å². The summed E-state index contributed by atoms with van der Waals surface area (Å²) >= 11 is 4.63. The highest BCUT2D eigenvalue weighted by molar-refractivity contribution is 9.10. The monoisotopic (exact) mass is 382 g/mol. The summed E-state index contributed by atoms with van der Waals surface area (Å²) in [5.74, 6) is 0. The first-order chi connectivity index (χ1) is 9.97. The van der Waals surface area contributed by atoms with Gasteiger partial charge >= 0.3 is 0 Å². The lowest BCUT2D eigenvalue weighted by Gasteiger charge is -2.10. The van der Waals surface area contributed by atoms with Gasteiger partial charge < -0.3 is 0 Å². The molecular formula is C14H11BrN2O2S2. The Morgan fingerprint density at radius 3 is 2.52 bits per heavy atom. The molecule has 0 fully saturated rings. The van der Waals surface area contributed by atoms with Crippen molar-refractivity contribution >= 4 is 53.7 Å². The van der Waals surface area contributed by atoms with Gasteiger partial charge in [0.1, 0.15) is 0 Å². The third-order valence-corrected chi connectivity index (χ3v) is 6.41. The van der Waals surface area contributed by atoms with E-state index in [-0.39, 0.29) is 4.21 Å². The predicted octanol–water partition coefficient (Wildman–Crippen LogP) is 4.17. The summed E-state index contributed by atoms with van der Waals surface area (Å²) in [6.07, 6.45) is 1.38. The number of thiazole rings is 1. The Hall–Kier alpha value is -1.44. The predicted molar refractivity (Wildman–Crippen MR) is 89.3 cm³/mol. The van der Waals surface area contributed by atoms with Gasteiger partial charge in [-0.15, -0.1) is 11.3 Å². The van der Waals surface area contributed by atoms with E-state index in [9.17, 15) is 8.42 Å². The number of halogens is 1. The maximum Gasteiger partial charge on any atom is 0.273 e. The van der Waals surface area contributed by atoms with Crippen molar-refractivity contribution in [3.8, 4) is 0 Å². The summed E-state index contributed by atoms with van der Waals surface area (Å²) < 4.78 is 28.6. The zero-order valence-electron chi connectivity index (χ0n) is 11.0. The third kappa shape index (κ3) is 2.81. The minimum Gasteiger partial charge on any atom is -0.278 e. The molecule has 0 saturated heterocycles. The molecule has 3 rings (SSSR count). The minimum absolute atomic E-state index is 0.215. The normalized spacial score (nSPS) is 11.7. The zero-order valence-corrected chi connectivity index (χ0v) is 14.2. The van der Waals surface area contributed by atoms with Crippen LogP contribution in [0.25, 0.3) is 10.8 Å².